The molecule has 0 aliphatic carbocycles. The number of aromatic nitrogens is 1. The number of benzene rings is 2. The van der Waals surface area contributed by atoms with E-state index in [-0.39, 0.29) is 11.8 Å². The first-order chi connectivity index (χ1) is 12.7. The molecule has 26 heavy (non-hydrogen) atoms. The van der Waals surface area contributed by atoms with Gasteiger partial charge in [0.25, 0.3) is 0 Å². The molecule has 0 bridgehead atoms. The molecule has 0 saturated heterocycles. The van der Waals surface area contributed by atoms with Crippen molar-refractivity contribution in [3.63, 3.8) is 0 Å². The van der Waals surface area contributed by atoms with Gasteiger partial charge in [-0.05, 0) is 17.7 Å². The quantitative estimate of drug-likeness (QED) is 0.610. The van der Waals surface area contributed by atoms with Gasteiger partial charge in [-0.15, -0.1) is 0 Å². The van der Waals surface area contributed by atoms with Gasteiger partial charge in [0.15, 0.2) is 0 Å². The van der Waals surface area contributed by atoms with Crippen molar-refractivity contribution in [3.05, 3.63) is 65.9 Å². The fraction of sp³-hybridized carbons (Fsp3) is 0.286. The number of carbonyl (C=O) groups is 1. The second-order valence-electron chi connectivity index (χ2n) is 6.13. The van der Waals surface area contributed by atoms with Crippen LogP contribution in [0.25, 0.3) is 10.9 Å². The first-order valence-corrected chi connectivity index (χ1v) is 8.69. The Kier molecular flexibility index (Phi) is 5.92. The Morgan fingerprint density at radius 1 is 1.08 bits per heavy atom. The summed E-state index contributed by atoms with van der Waals surface area (Å²) >= 11 is 0. The number of fused-ring (bicyclic) bond motifs is 1. The lowest BCUT2D eigenvalue weighted by molar-refractivity contribution is -0.121. The highest BCUT2D eigenvalue weighted by Gasteiger charge is 2.24. The Balaban J connectivity index is 1.98. The minimum Gasteiger partial charge on any atom is -0.496 e. The van der Waals surface area contributed by atoms with Crippen LogP contribution in [0.1, 0.15) is 23.5 Å². The van der Waals surface area contributed by atoms with E-state index in [0.717, 1.165) is 27.8 Å². The van der Waals surface area contributed by atoms with E-state index in [9.17, 15) is 4.79 Å². The number of nitrogens with one attached hydrogen (secondary N) is 2. The molecule has 0 unspecified atom stereocenters. The third-order valence-corrected chi connectivity index (χ3v) is 4.53. The molecule has 3 rings (SSSR count). The van der Waals surface area contributed by atoms with Gasteiger partial charge in [0, 0.05) is 48.7 Å². The van der Waals surface area contributed by atoms with E-state index in [4.69, 9.17) is 9.47 Å². The predicted molar refractivity (Wildman–Crippen MR) is 103 cm³/mol. The molecule has 1 heterocycles. The topological polar surface area (TPSA) is 63.4 Å². The molecular formula is C21H24N2O3. The number of hydrogen-bond donors (Lipinski definition) is 2. The normalized spacial score (nSPS) is 12.1. The molecule has 2 aromatic carbocycles. The number of rotatable bonds is 8. The van der Waals surface area contributed by atoms with Crippen molar-refractivity contribution in [2.45, 2.75) is 12.3 Å². The van der Waals surface area contributed by atoms with Crippen molar-refractivity contribution < 1.29 is 14.3 Å². The maximum absolute atomic E-state index is 12.5. The maximum Gasteiger partial charge on any atom is 0.221 e. The lowest BCUT2D eigenvalue weighted by Gasteiger charge is -2.19. The number of aromatic amines is 1. The van der Waals surface area contributed by atoms with Crippen molar-refractivity contribution in [3.8, 4) is 5.75 Å². The third-order valence-electron chi connectivity index (χ3n) is 4.53. The van der Waals surface area contributed by atoms with Gasteiger partial charge in [0.2, 0.25) is 5.91 Å². The molecule has 1 aromatic heterocycles. The van der Waals surface area contributed by atoms with Crippen LogP contribution in [0.15, 0.2) is 54.7 Å². The van der Waals surface area contributed by atoms with Gasteiger partial charge < -0.3 is 19.8 Å². The zero-order valence-corrected chi connectivity index (χ0v) is 15.1. The largest absolute Gasteiger partial charge is 0.496 e. The van der Waals surface area contributed by atoms with Gasteiger partial charge in [0.05, 0.1) is 13.7 Å². The van der Waals surface area contributed by atoms with Crippen molar-refractivity contribution in [1.82, 2.24) is 10.3 Å². The lowest BCUT2D eigenvalue weighted by atomic mass is 9.87. The van der Waals surface area contributed by atoms with Crippen molar-refractivity contribution in [1.29, 1.82) is 0 Å². The van der Waals surface area contributed by atoms with Crippen LogP contribution in [0.3, 0.4) is 0 Å². The number of carbonyl (C=O) groups excluding carboxylic acids is 1. The molecule has 0 radical (unpaired) electrons. The van der Waals surface area contributed by atoms with Crippen molar-refractivity contribution in [2.75, 3.05) is 27.4 Å². The van der Waals surface area contributed by atoms with Crippen LogP contribution in [0.5, 0.6) is 5.75 Å². The highest BCUT2D eigenvalue weighted by Crippen LogP contribution is 2.37. The van der Waals surface area contributed by atoms with Gasteiger partial charge in [-0.25, -0.2) is 0 Å². The summed E-state index contributed by atoms with van der Waals surface area (Å²) in [6.45, 7) is 1.00. The first kappa shape index (κ1) is 18.0. The Hall–Kier alpha value is -2.79. The predicted octanol–water partition coefficient (Wildman–Crippen LogP) is 3.46. The molecule has 1 atom stereocenters. The van der Waals surface area contributed by atoms with Crippen molar-refractivity contribution in [2.24, 2.45) is 0 Å². The lowest BCUT2D eigenvalue weighted by Crippen LogP contribution is -2.28. The van der Waals surface area contributed by atoms with E-state index in [1.807, 2.05) is 48.7 Å². The number of ether oxygens (including phenoxy) is 2. The molecule has 2 N–H and O–H groups in total. The van der Waals surface area contributed by atoms with Crippen LogP contribution < -0.4 is 10.1 Å². The number of hydrogen-bond acceptors (Lipinski definition) is 3. The van der Waals surface area contributed by atoms with Crippen molar-refractivity contribution >= 4 is 16.8 Å². The summed E-state index contributed by atoms with van der Waals surface area (Å²) in [6, 6.07) is 16.0. The maximum atomic E-state index is 12.5. The highest BCUT2D eigenvalue weighted by molar-refractivity contribution is 5.86. The fourth-order valence-corrected chi connectivity index (χ4v) is 3.27. The van der Waals surface area contributed by atoms with E-state index >= 15 is 0 Å². The van der Waals surface area contributed by atoms with Crippen LogP contribution in [-0.2, 0) is 9.53 Å². The fourth-order valence-electron chi connectivity index (χ4n) is 3.27. The zero-order valence-electron chi connectivity index (χ0n) is 15.1. The average Bonchev–Trinajstić information content (AvgIpc) is 3.10. The van der Waals surface area contributed by atoms with Crippen LogP contribution in [0.4, 0.5) is 0 Å². The number of amides is 1. The van der Waals surface area contributed by atoms with Gasteiger partial charge in [-0.1, -0.05) is 36.4 Å². The second kappa shape index (κ2) is 8.54. The standard InChI is InChI=1S/C21H24N2O3/c1-25-12-11-22-21(24)13-17(16-8-4-6-10-20(16)26-2)18-14-23-19-9-5-3-7-15(18)19/h3-10,14,17,23H,11-13H2,1-2H3,(H,22,24)/t17-/m0/s1. The van der Waals surface area contributed by atoms with Gasteiger partial charge in [-0.3, -0.25) is 4.79 Å². The Labute approximate surface area is 153 Å². The summed E-state index contributed by atoms with van der Waals surface area (Å²) in [5.41, 5.74) is 3.15. The van der Waals surface area contributed by atoms with E-state index in [2.05, 4.69) is 16.4 Å². The monoisotopic (exact) mass is 352 g/mol. The summed E-state index contributed by atoms with van der Waals surface area (Å²) in [5.74, 6) is 0.667. The SMILES string of the molecule is COCCNC(=O)C[C@@H](c1ccccc1OC)c1c[nH]c2ccccc12. The van der Waals surface area contributed by atoms with Crippen LogP contribution in [-0.4, -0.2) is 38.3 Å². The molecule has 0 fully saturated rings. The molecule has 3 aromatic rings. The summed E-state index contributed by atoms with van der Waals surface area (Å²) in [6.07, 6.45) is 2.33. The smallest absolute Gasteiger partial charge is 0.221 e. The van der Waals surface area contributed by atoms with Crippen LogP contribution in [0.2, 0.25) is 0 Å². The van der Waals surface area contributed by atoms with E-state index < -0.39 is 0 Å². The molecule has 5 heteroatoms. The zero-order chi connectivity index (χ0) is 18.4. The van der Waals surface area contributed by atoms with Gasteiger partial charge in [-0.2, -0.15) is 0 Å². The summed E-state index contributed by atoms with van der Waals surface area (Å²) in [4.78, 5) is 15.8. The first-order valence-electron chi connectivity index (χ1n) is 8.69. The average molecular weight is 352 g/mol. The minimum absolute atomic E-state index is 0.0109. The molecule has 0 aliphatic rings. The van der Waals surface area contributed by atoms with E-state index in [1.54, 1.807) is 14.2 Å². The molecule has 136 valence electrons. The van der Waals surface area contributed by atoms with Crippen LogP contribution >= 0.6 is 0 Å². The van der Waals surface area contributed by atoms with E-state index in [0.29, 0.717) is 19.6 Å². The Morgan fingerprint density at radius 2 is 1.85 bits per heavy atom. The van der Waals surface area contributed by atoms with E-state index in [1.165, 1.54) is 0 Å². The number of methoxy groups -OCH3 is 2. The van der Waals surface area contributed by atoms with Gasteiger partial charge >= 0.3 is 0 Å². The number of H-pyrrole nitrogens is 1. The highest BCUT2D eigenvalue weighted by atomic mass is 16.5. The summed E-state index contributed by atoms with van der Waals surface area (Å²) < 4.78 is 10.6. The summed E-state index contributed by atoms with van der Waals surface area (Å²) in [5, 5.41) is 4.03. The molecule has 1 amide bonds. The minimum atomic E-state index is -0.107. The summed E-state index contributed by atoms with van der Waals surface area (Å²) in [7, 11) is 3.28. The molecule has 0 aliphatic heterocycles. The second-order valence-corrected chi connectivity index (χ2v) is 6.13. The molecule has 5 nitrogen and oxygen atoms in total. The van der Waals surface area contributed by atoms with Gasteiger partial charge in [0.1, 0.15) is 5.75 Å². The van der Waals surface area contributed by atoms with Crippen LogP contribution in [0, 0.1) is 0 Å². The Morgan fingerprint density at radius 3 is 2.65 bits per heavy atom. The third kappa shape index (κ3) is 3.89. The molecule has 0 spiro atoms. The molecule has 0 saturated carbocycles. The number of para-hydroxylation sites is 2. The molecular weight excluding hydrogens is 328 g/mol. The Bertz CT molecular complexity index is 872.